The van der Waals surface area contributed by atoms with E-state index < -0.39 is 0 Å². The Bertz CT molecular complexity index is 551. The summed E-state index contributed by atoms with van der Waals surface area (Å²) in [5.74, 6) is -0.194. The molecule has 1 aromatic carbocycles. The molecule has 2 aromatic rings. The van der Waals surface area contributed by atoms with E-state index in [4.69, 9.17) is 28.9 Å². The van der Waals surface area contributed by atoms with Crippen LogP contribution in [0.15, 0.2) is 29.6 Å². The predicted molar refractivity (Wildman–Crippen MR) is 68.6 cm³/mol. The van der Waals surface area contributed by atoms with Gasteiger partial charge in [0.1, 0.15) is 0 Å². The van der Waals surface area contributed by atoms with Crippen LogP contribution >= 0.6 is 34.5 Å². The van der Waals surface area contributed by atoms with Crippen LogP contribution in [0.5, 0.6) is 0 Å². The van der Waals surface area contributed by atoms with Gasteiger partial charge in [0.05, 0.1) is 20.6 Å². The van der Waals surface area contributed by atoms with Crippen LogP contribution in [0.25, 0.3) is 0 Å². The van der Waals surface area contributed by atoms with E-state index in [0.717, 1.165) is 0 Å². The molecule has 2 N–H and O–H groups in total. The van der Waals surface area contributed by atoms with Gasteiger partial charge in [-0.25, -0.2) is 0 Å². The molecule has 2 rings (SSSR count). The second-order valence-corrected chi connectivity index (χ2v) is 4.86. The average Bonchev–Trinajstić information content (AvgIpc) is 2.68. The van der Waals surface area contributed by atoms with E-state index in [1.165, 1.54) is 11.3 Å². The van der Waals surface area contributed by atoms with Crippen molar-refractivity contribution in [3.05, 3.63) is 50.1 Å². The lowest BCUT2D eigenvalue weighted by atomic mass is 10.1. The number of benzene rings is 1. The summed E-state index contributed by atoms with van der Waals surface area (Å²) in [5.41, 5.74) is 6.42. The van der Waals surface area contributed by atoms with Crippen LogP contribution in [0.3, 0.4) is 0 Å². The first-order valence-corrected chi connectivity index (χ1v) is 6.06. The normalized spacial score (nSPS) is 10.4. The average molecular weight is 272 g/mol. The van der Waals surface area contributed by atoms with E-state index in [2.05, 4.69) is 0 Å². The second-order valence-electron chi connectivity index (χ2n) is 3.13. The summed E-state index contributed by atoms with van der Waals surface area (Å²) >= 11 is 13.0. The van der Waals surface area contributed by atoms with E-state index in [1.807, 2.05) is 0 Å². The molecule has 0 aliphatic rings. The molecule has 0 fully saturated rings. The molecule has 0 spiro atoms. The van der Waals surface area contributed by atoms with Gasteiger partial charge in [-0.15, -0.1) is 11.3 Å². The minimum Gasteiger partial charge on any atom is -0.397 e. The molecule has 0 saturated carbocycles. The molecule has 0 aliphatic carbocycles. The summed E-state index contributed by atoms with van der Waals surface area (Å²) in [7, 11) is 0. The van der Waals surface area contributed by atoms with Gasteiger partial charge >= 0.3 is 0 Å². The minimum atomic E-state index is -0.194. The number of carbonyl (C=O) groups excluding carboxylic acids is 1. The Morgan fingerprint density at radius 2 is 1.94 bits per heavy atom. The number of halogens is 2. The molecule has 0 amide bonds. The van der Waals surface area contributed by atoms with Gasteiger partial charge in [0, 0.05) is 5.56 Å². The molecule has 0 bridgehead atoms. The molecular formula is C11H7Cl2NOS. The number of nitrogen functional groups attached to an aromatic ring is 1. The molecular weight excluding hydrogens is 265 g/mol. The lowest BCUT2D eigenvalue weighted by molar-refractivity contribution is 0.104. The lowest BCUT2D eigenvalue weighted by Gasteiger charge is -2.04. The third kappa shape index (κ3) is 1.94. The first kappa shape index (κ1) is 11.5. The van der Waals surface area contributed by atoms with Crippen LogP contribution in [0.2, 0.25) is 10.0 Å². The molecule has 1 aromatic heterocycles. The molecule has 0 saturated heterocycles. The number of hydrogen-bond acceptors (Lipinski definition) is 3. The number of anilines is 1. The van der Waals surface area contributed by atoms with Crippen molar-refractivity contribution in [1.29, 1.82) is 0 Å². The first-order valence-electron chi connectivity index (χ1n) is 4.43. The number of para-hydroxylation sites is 1. The van der Waals surface area contributed by atoms with Crippen molar-refractivity contribution < 1.29 is 4.79 Å². The van der Waals surface area contributed by atoms with Crippen LogP contribution in [-0.2, 0) is 0 Å². The van der Waals surface area contributed by atoms with Gasteiger partial charge in [-0.1, -0.05) is 29.3 Å². The summed E-state index contributed by atoms with van der Waals surface area (Å²) in [6, 6.07) is 6.65. The number of hydrogen-bond donors (Lipinski definition) is 1. The fraction of sp³-hybridized carbons (Fsp3) is 0. The van der Waals surface area contributed by atoms with E-state index in [-0.39, 0.29) is 5.78 Å². The SMILES string of the molecule is Nc1c(Cl)cccc1C(=O)c1sccc1Cl. The number of rotatable bonds is 2. The van der Waals surface area contributed by atoms with Gasteiger partial charge in [0.15, 0.2) is 0 Å². The maximum Gasteiger partial charge on any atom is 0.206 e. The monoisotopic (exact) mass is 271 g/mol. The number of nitrogens with two attached hydrogens (primary N) is 1. The van der Waals surface area contributed by atoms with Gasteiger partial charge in [-0.05, 0) is 23.6 Å². The molecule has 2 nitrogen and oxygen atoms in total. The zero-order valence-corrected chi connectivity index (χ0v) is 10.4. The van der Waals surface area contributed by atoms with Gasteiger partial charge in [-0.2, -0.15) is 0 Å². The van der Waals surface area contributed by atoms with Crippen LogP contribution in [0.4, 0.5) is 5.69 Å². The summed E-state index contributed by atoms with van der Waals surface area (Å²) < 4.78 is 0. The second kappa shape index (κ2) is 4.45. The van der Waals surface area contributed by atoms with Gasteiger partial charge in [-0.3, -0.25) is 4.79 Å². The van der Waals surface area contributed by atoms with Crippen molar-refractivity contribution in [2.45, 2.75) is 0 Å². The van der Waals surface area contributed by atoms with Crippen molar-refractivity contribution >= 4 is 46.0 Å². The van der Waals surface area contributed by atoms with E-state index >= 15 is 0 Å². The van der Waals surface area contributed by atoms with E-state index in [9.17, 15) is 4.79 Å². The minimum absolute atomic E-state index is 0.194. The highest BCUT2D eigenvalue weighted by Crippen LogP contribution is 2.29. The molecule has 0 aliphatic heterocycles. The zero-order chi connectivity index (χ0) is 11.7. The fourth-order valence-electron chi connectivity index (χ4n) is 1.31. The lowest BCUT2D eigenvalue weighted by Crippen LogP contribution is -2.04. The van der Waals surface area contributed by atoms with Gasteiger partial charge < -0.3 is 5.73 Å². The summed E-state index contributed by atoms with van der Waals surface area (Å²) in [5, 5.41) is 2.57. The predicted octanol–water partition coefficient (Wildman–Crippen LogP) is 3.87. The highest BCUT2D eigenvalue weighted by atomic mass is 35.5. The molecule has 16 heavy (non-hydrogen) atoms. The van der Waals surface area contributed by atoms with Crippen molar-refractivity contribution in [1.82, 2.24) is 0 Å². The third-order valence-electron chi connectivity index (χ3n) is 2.12. The number of ketones is 1. The van der Waals surface area contributed by atoms with Crippen LogP contribution < -0.4 is 5.73 Å². The largest absolute Gasteiger partial charge is 0.397 e. The molecule has 1 heterocycles. The maximum atomic E-state index is 12.1. The first-order chi connectivity index (χ1) is 7.61. The number of carbonyl (C=O) groups is 1. The topological polar surface area (TPSA) is 43.1 Å². The Morgan fingerprint density at radius 1 is 1.19 bits per heavy atom. The molecule has 0 atom stereocenters. The zero-order valence-electron chi connectivity index (χ0n) is 8.04. The Hall–Kier alpha value is -1.03. The number of thiophene rings is 1. The smallest absolute Gasteiger partial charge is 0.206 e. The Labute approximate surface area is 107 Å². The maximum absolute atomic E-state index is 12.1. The Morgan fingerprint density at radius 3 is 2.56 bits per heavy atom. The van der Waals surface area contributed by atoms with Crippen LogP contribution in [0.1, 0.15) is 15.2 Å². The fourth-order valence-corrected chi connectivity index (χ4v) is 2.58. The van der Waals surface area contributed by atoms with Gasteiger partial charge in [0.25, 0.3) is 0 Å². The highest BCUT2D eigenvalue weighted by Gasteiger charge is 2.17. The highest BCUT2D eigenvalue weighted by molar-refractivity contribution is 7.13. The van der Waals surface area contributed by atoms with Crippen LogP contribution in [0, 0.1) is 0 Å². The summed E-state index contributed by atoms with van der Waals surface area (Å²) in [6.45, 7) is 0. The molecule has 5 heteroatoms. The van der Waals surface area contributed by atoms with Crippen molar-refractivity contribution in [3.63, 3.8) is 0 Å². The van der Waals surface area contributed by atoms with E-state index in [1.54, 1.807) is 29.6 Å². The molecule has 0 unspecified atom stereocenters. The van der Waals surface area contributed by atoms with E-state index in [0.29, 0.717) is 26.2 Å². The summed E-state index contributed by atoms with van der Waals surface area (Å²) in [6.07, 6.45) is 0. The molecule has 82 valence electrons. The summed E-state index contributed by atoms with van der Waals surface area (Å²) in [4.78, 5) is 12.6. The van der Waals surface area contributed by atoms with Crippen molar-refractivity contribution in [2.24, 2.45) is 0 Å². The standard InChI is InChI=1S/C11H7Cl2NOS/c12-7-3-1-2-6(9(7)14)10(15)11-8(13)4-5-16-11/h1-5H,14H2. The Balaban J connectivity index is 2.50. The van der Waals surface area contributed by atoms with Crippen LogP contribution in [-0.4, -0.2) is 5.78 Å². The van der Waals surface area contributed by atoms with Crippen molar-refractivity contribution in [2.75, 3.05) is 5.73 Å². The molecule has 0 radical (unpaired) electrons. The quantitative estimate of drug-likeness (QED) is 0.666. The third-order valence-corrected chi connectivity index (χ3v) is 3.79. The Kier molecular flexibility index (Phi) is 3.19. The van der Waals surface area contributed by atoms with Gasteiger partial charge in [0.2, 0.25) is 5.78 Å². The van der Waals surface area contributed by atoms with Crippen molar-refractivity contribution in [3.8, 4) is 0 Å².